The van der Waals surface area contributed by atoms with E-state index in [1.807, 2.05) is 19.1 Å². The summed E-state index contributed by atoms with van der Waals surface area (Å²) in [5, 5.41) is 13.1. The first-order valence-electron chi connectivity index (χ1n) is 6.87. The van der Waals surface area contributed by atoms with Gasteiger partial charge in [-0.25, -0.2) is 4.79 Å². The van der Waals surface area contributed by atoms with Crippen molar-refractivity contribution in [2.45, 2.75) is 33.3 Å². The predicted octanol–water partition coefficient (Wildman–Crippen LogP) is 3.13. The van der Waals surface area contributed by atoms with Gasteiger partial charge in [0.05, 0.1) is 11.9 Å². The van der Waals surface area contributed by atoms with Crippen molar-refractivity contribution in [1.82, 2.24) is 9.78 Å². The van der Waals surface area contributed by atoms with Crippen molar-refractivity contribution in [3.8, 4) is 5.75 Å². The second-order valence-electron chi connectivity index (χ2n) is 5.46. The van der Waals surface area contributed by atoms with Crippen molar-refractivity contribution in [3.05, 3.63) is 46.8 Å². The van der Waals surface area contributed by atoms with Crippen molar-refractivity contribution >= 4 is 5.97 Å². The van der Waals surface area contributed by atoms with E-state index in [0.29, 0.717) is 11.6 Å². The molecule has 0 bridgehead atoms. The van der Waals surface area contributed by atoms with Gasteiger partial charge in [0.2, 0.25) is 0 Å². The number of aryl methyl sites for hydroxylation is 2. The maximum absolute atomic E-state index is 11.1. The molecule has 0 aliphatic carbocycles. The largest absolute Gasteiger partial charge is 0.487 e. The lowest BCUT2D eigenvalue weighted by atomic mass is 10.0. The number of aromatic carboxylic acids is 1. The number of hydrogen-bond acceptors (Lipinski definition) is 3. The molecule has 2 rings (SSSR count). The standard InChI is InChI=1S/C16H20N2O3/c1-10(2)12-5-11(3)6-13(7-12)21-9-15-14(16(19)20)8-17-18(15)4/h5-8,10H,9H2,1-4H3,(H,19,20). The molecule has 0 unspecified atom stereocenters. The fourth-order valence-electron chi connectivity index (χ4n) is 2.16. The Labute approximate surface area is 124 Å². The van der Waals surface area contributed by atoms with E-state index in [0.717, 1.165) is 11.3 Å². The summed E-state index contributed by atoms with van der Waals surface area (Å²) >= 11 is 0. The molecule has 1 aromatic heterocycles. The van der Waals surface area contributed by atoms with Crippen LogP contribution >= 0.6 is 0 Å². The summed E-state index contributed by atoms with van der Waals surface area (Å²) in [6.07, 6.45) is 1.34. The summed E-state index contributed by atoms with van der Waals surface area (Å²) in [6.45, 7) is 6.45. The van der Waals surface area contributed by atoms with Gasteiger partial charge < -0.3 is 9.84 Å². The van der Waals surface area contributed by atoms with E-state index in [9.17, 15) is 4.79 Å². The van der Waals surface area contributed by atoms with Crippen LogP contribution in [0.25, 0.3) is 0 Å². The first-order chi connectivity index (χ1) is 9.88. The fourth-order valence-corrected chi connectivity index (χ4v) is 2.16. The molecule has 0 saturated heterocycles. The minimum Gasteiger partial charge on any atom is -0.487 e. The highest BCUT2D eigenvalue weighted by Crippen LogP contribution is 2.23. The Kier molecular flexibility index (Phi) is 4.31. The van der Waals surface area contributed by atoms with E-state index in [1.54, 1.807) is 7.05 Å². The quantitative estimate of drug-likeness (QED) is 0.918. The van der Waals surface area contributed by atoms with Gasteiger partial charge in [0.1, 0.15) is 17.9 Å². The topological polar surface area (TPSA) is 64.3 Å². The van der Waals surface area contributed by atoms with Crippen LogP contribution < -0.4 is 4.74 Å². The molecule has 0 amide bonds. The van der Waals surface area contributed by atoms with Crippen LogP contribution in [0.1, 0.15) is 46.9 Å². The molecule has 0 atom stereocenters. The molecule has 5 nitrogen and oxygen atoms in total. The van der Waals surface area contributed by atoms with E-state index in [2.05, 4.69) is 25.0 Å². The second-order valence-corrected chi connectivity index (χ2v) is 5.46. The zero-order chi connectivity index (χ0) is 15.6. The number of hydrogen-bond donors (Lipinski definition) is 1. The molecular weight excluding hydrogens is 268 g/mol. The number of carboxylic acids is 1. The minimum atomic E-state index is -0.992. The van der Waals surface area contributed by atoms with Crippen molar-refractivity contribution < 1.29 is 14.6 Å². The second kappa shape index (κ2) is 5.99. The molecule has 5 heteroatoms. The summed E-state index contributed by atoms with van der Waals surface area (Å²) in [6, 6.07) is 6.07. The van der Waals surface area contributed by atoms with Crippen LogP contribution in [0.15, 0.2) is 24.4 Å². The smallest absolute Gasteiger partial charge is 0.339 e. The van der Waals surface area contributed by atoms with E-state index in [-0.39, 0.29) is 12.2 Å². The highest BCUT2D eigenvalue weighted by Gasteiger charge is 2.15. The predicted molar refractivity (Wildman–Crippen MR) is 79.8 cm³/mol. The number of carboxylic acid groups (broad SMARTS) is 1. The molecule has 0 fully saturated rings. The Hall–Kier alpha value is -2.30. The normalized spacial score (nSPS) is 10.9. The third-order valence-electron chi connectivity index (χ3n) is 3.41. The molecule has 0 radical (unpaired) electrons. The number of carbonyl (C=O) groups is 1. The fraction of sp³-hybridized carbons (Fsp3) is 0.375. The van der Waals surface area contributed by atoms with Crippen LogP contribution in [-0.4, -0.2) is 20.9 Å². The molecule has 112 valence electrons. The molecule has 0 aliphatic heterocycles. The third kappa shape index (κ3) is 3.42. The van der Waals surface area contributed by atoms with Gasteiger partial charge in [-0.15, -0.1) is 0 Å². The molecular formula is C16H20N2O3. The van der Waals surface area contributed by atoms with Gasteiger partial charge in [-0.1, -0.05) is 19.9 Å². The lowest BCUT2D eigenvalue weighted by Crippen LogP contribution is -2.08. The average Bonchev–Trinajstić information content (AvgIpc) is 2.77. The van der Waals surface area contributed by atoms with Crippen LogP contribution in [0, 0.1) is 6.92 Å². The highest BCUT2D eigenvalue weighted by atomic mass is 16.5. The first-order valence-corrected chi connectivity index (χ1v) is 6.87. The number of ether oxygens (including phenoxy) is 1. The van der Waals surface area contributed by atoms with Crippen LogP contribution in [0.3, 0.4) is 0 Å². The summed E-state index contributed by atoms with van der Waals surface area (Å²) in [5.41, 5.74) is 3.05. The van der Waals surface area contributed by atoms with Crippen LogP contribution in [0.2, 0.25) is 0 Å². The zero-order valence-electron chi connectivity index (χ0n) is 12.8. The maximum Gasteiger partial charge on any atom is 0.339 e. The van der Waals surface area contributed by atoms with Crippen LogP contribution in [0.4, 0.5) is 0 Å². The van der Waals surface area contributed by atoms with Crippen molar-refractivity contribution in [1.29, 1.82) is 0 Å². The Balaban J connectivity index is 2.21. The Morgan fingerprint density at radius 2 is 2.10 bits per heavy atom. The van der Waals surface area contributed by atoms with E-state index < -0.39 is 5.97 Å². The van der Waals surface area contributed by atoms with Crippen LogP contribution in [-0.2, 0) is 13.7 Å². The number of aromatic nitrogens is 2. The van der Waals surface area contributed by atoms with Gasteiger partial charge >= 0.3 is 5.97 Å². The number of nitrogens with zero attached hydrogens (tertiary/aromatic N) is 2. The zero-order valence-corrected chi connectivity index (χ0v) is 12.8. The monoisotopic (exact) mass is 288 g/mol. The summed E-state index contributed by atoms with van der Waals surface area (Å²) < 4.78 is 7.30. The Bertz CT molecular complexity index is 660. The van der Waals surface area contributed by atoms with Crippen molar-refractivity contribution in [3.63, 3.8) is 0 Å². The number of benzene rings is 1. The molecule has 1 N–H and O–H groups in total. The van der Waals surface area contributed by atoms with Gasteiger partial charge in [-0.3, -0.25) is 4.68 Å². The SMILES string of the molecule is Cc1cc(OCc2c(C(=O)O)cnn2C)cc(C(C)C)c1. The minimum absolute atomic E-state index is 0.175. The molecule has 1 heterocycles. The molecule has 1 aromatic carbocycles. The van der Waals surface area contributed by atoms with Crippen molar-refractivity contribution in [2.24, 2.45) is 7.05 Å². The van der Waals surface area contributed by atoms with Gasteiger partial charge in [-0.2, -0.15) is 5.10 Å². The Morgan fingerprint density at radius 3 is 2.71 bits per heavy atom. The third-order valence-corrected chi connectivity index (χ3v) is 3.41. The van der Waals surface area contributed by atoms with Crippen LogP contribution in [0.5, 0.6) is 5.75 Å². The summed E-state index contributed by atoms with van der Waals surface area (Å²) in [7, 11) is 1.71. The Morgan fingerprint density at radius 1 is 1.38 bits per heavy atom. The lowest BCUT2D eigenvalue weighted by Gasteiger charge is -2.12. The lowest BCUT2D eigenvalue weighted by molar-refractivity contribution is 0.0693. The number of rotatable bonds is 5. The summed E-state index contributed by atoms with van der Waals surface area (Å²) in [5.74, 6) is 0.170. The molecule has 21 heavy (non-hydrogen) atoms. The van der Waals surface area contributed by atoms with Gasteiger partial charge in [-0.05, 0) is 36.1 Å². The molecule has 0 aliphatic rings. The first kappa shape index (κ1) is 15.1. The van der Waals surface area contributed by atoms with Gasteiger partial charge in [0.15, 0.2) is 0 Å². The maximum atomic E-state index is 11.1. The van der Waals surface area contributed by atoms with Crippen molar-refractivity contribution in [2.75, 3.05) is 0 Å². The molecule has 2 aromatic rings. The van der Waals surface area contributed by atoms with E-state index in [4.69, 9.17) is 9.84 Å². The summed E-state index contributed by atoms with van der Waals surface area (Å²) in [4.78, 5) is 11.1. The van der Waals surface area contributed by atoms with E-state index >= 15 is 0 Å². The molecule has 0 spiro atoms. The average molecular weight is 288 g/mol. The highest BCUT2D eigenvalue weighted by molar-refractivity contribution is 5.88. The van der Waals surface area contributed by atoms with Gasteiger partial charge in [0.25, 0.3) is 0 Å². The van der Waals surface area contributed by atoms with Gasteiger partial charge in [0, 0.05) is 7.05 Å². The molecule has 0 saturated carbocycles. The van der Waals surface area contributed by atoms with E-state index in [1.165, 1.54) is 16.4 Å².